The molecule has 1 aromatic heterocycles. The molecule has 0 bridgehead atoms. The van der Waals surface area contributed by atoms with Crippen molar-refractivity contribution in [2.75, 3.05) is 5.73 Å². The maximum absolute atomic E-state index is 12.5. The van der Waals surface area contributed by atoms with Gasteiger partial charge in [0.15, 0.2) is 5.01 Å². The second-order valence-corrected chi connectivity index (χ2v) is 8.36. The summed E-state index contributed by atoms with van der Waals surface area (Å²) in [4.78, 5) is 0.174. The van der Waals surface area contributed by atoms with E-state index in [2.05, 4.69) is 14.9 Å². The van der Waals surface area contributed by atoms with Crippen LogP contribution in [-0.4, -0.2) is 18.6 Å². The molecule has 2 aromatic carbocycles. The van der Waals surface area contributed by atoms with Gasteiger partial charge < -0.3 is 10.5 Å². The maximum atomic E-state index is 12.5. The van der Waals surface area contributed by atoms with E-state index >= 15 is 0 Å². The molecular formula is C17H18N4O3S2. The first kappa shape index (κ1) is 18.3. The van der Waals surface area contributed by atoms with E-state index in [0.29, 0.717) is 15.9 Å². The van der Waals surface area contributed by atoms with E-state index in [4.69, 9.17) is 10.5 Å². The van der Waals surface area contributed by atoms with Crippen molar-refractivity contribution in [1.29, 1.82) is 0 Å². The highest BCUT2D eigenvalue weighted by Gasteiger charge is 2.18. The van der Waals surface area contributed by atoms with Gasteiger partial charge in [-0.2, -0.15) is 0 Å². The summed E-state index contributed by atoms with van der Waals surface area (Å²) in [5, 5.41) is 8.60. The molecule has 0 fully saturated rings. The van der Waals surface area contributed by atoms with Gasteiger partial charge in [0.25, 0.3) is 0 Å². The smallest absolute Gasteiger partial charge is 0.241 e. The molecule has 0 aliphatic rings. The van der Waals surface area contributed by atoms with Crippen LogP contribution in [0.15, 0.2) is 59.5 Å². The second-order valence-electron chi connectivity index (χ2n) is 5.55. The molecule has 9 heteroatoms. The van der Waals surface area contributed by atoms with Gasteiger partial charge in [0.05, 0.1) is 4.90 Å². The van der Waals surface area contributed by atoms with Crippen LogP contribution < -0.4 is 15.2 Å². The van der Waals surface area contributed by atoms with Crippen molar-refractivity contribution in [2.24, 2.45) is 0 Å². The molecule has 0 aliphatic carbocycles. The van der Waals surface area contributed by atoms with Gasteiger partial charge in [-0.1, -0.05) is 41.7 Å². The third-order valence-electron chi connectivity index (χ3n) is 3.61. The number of nitrogens with one attached hydrogen (secondary N) is 1. The Morgan fingerprint density at radius 2 is 1.81 bits per heavy atom. The van der Waals surface area contributed by atoms with E-state index < -0.39 is 10.0 Å². The zero-order valence-electron chi connectivity index (χ0n) is 14.0. The monoisotopic (exact) mass is 390 g/mol. The highest BCUT2D eigenvalue weighted by atomic mass is 32.2. The molecule has 1 unspecified atom stereocenters. The molecular weight excluding hydrogens is 372 g/mol. The number of hydrogen-bond acceptors (Lipinski definition) is 7. The largest absolute Gasteiger partial charge is 0.486 e. The van der Waals surface area contributed by atoms with Crippen molar-refractivity contribution in [2.45, 2.75) is 24.5 Å². The Kier molecular flexibility index (Phi) is 5.50. The number of hydrogen-bond donors (Lipinski definition) is 2. The Morgan fingerprint density at radius 3 is 2.42 bits per heavy atom. The van der Waals surface area contributed by atoms with Crippen molar-refractivity contribution in [3.8, 4) is 5.75 Å². The molecule has 3 aromatic rings. The van der Waals surface area contributed by atoms with Crippen LogP contribution in [0, 0.1) is 0 Å². The predicted octanol–water partition coefficient (Wildman–Crippen LogP) is 2.74. The van der Waals surface area contributed by atoms with Crippen LogP contribution in [-0.2, 0) is 16.6 Å². The molecule has 3 N–H and O–H groups in total. The SMILES string of the molecule is CC(NS(=O)(=O)c1ccc(OCc2nnc(N)s2)cc1)c1ccccc1. The van der Waals surface area contributed by atoms with Crippen LogP contribution in [0.1, 0.15) is 23.5 Å². The standard InChI is InChI=1S/C17H18N4O3S2/c1-12(13-5-3-2-4-6-13)21-26(22,23)15-9-7-14(8-10-15)24-11-16-19-20-17(18)25-16/h2-10,12,21H,11H2,1H3,(H2,18,20). The van der Waals surface area contributed by atoms with Crippen molar-refractivity contribution < 1.29 is 13.2 Å². The van der Waals surface area contributed by atoms with Crippen LogP contribution >= 0.6 is 11.3 Å². The molecule has 3 rings (SSSR count). The Balaban J connectivity index is 1.64. The molecule has 1 heterocycles. The summed E-state index contributed by atoms with van der Waals surface area (Å²) in [6, 6.07) is 15.3. The Hall–Kier alpha value is -2.49. The zero-order valence-corrected chi connectivity index (χ0v) is 15.6. The van der Waals surface area contributed by atoms with Gasteiger partial charge >= 0.3 is 0 Å². The zero-order chi connectivity index (χ0) is 18.6. The molecule has 0 radical (unpaired) electrons. The van der Waals surface area contributed by atoms with Crippen LogP contribution in [0.4, 0.5) is 5.13 Å². The number of benzene rings is 2. The fourth-order valence-electron chi connectivity index (χ4n) is 2.30. The fraction of sp³-hybridized carbons (Fsp3) is 0.176. The lowest BCUT2D eigenvalue weighted by Crippen LogP contribution is -2.26. The highest BCUT2D eigenvalue weighted by Crippen LogP contribution is 2.21. The van der Waals surface area contributed by atoms with Gasteiger partial charge in [0.2, 0.25) is 15.2 Å². The van der Waals surface area contributed by atoms with Crippen LogP contribution in [0.2, 0.25) is 0 Å². The van der Waals surface area contributed by atoms with Gasteiger partial charge in [-0.05, 0) is 36.8 Å². The first-order valence-corrected chi connectivity index (χ1v) is 10.1. The number of nitrogens with zero attached hydrogens (tertiary/aromatic N) is 2. The van der Waals surface area contributed by atoms with Crippen LogP contribution in [0.5, 0.6) is 5.75 Å². The molecule has 1 atom stereocenters. The number of aromatic nitrogens is 2. The van der Waals surface area contributed by atoms with Crippen LogP contribution in [0.3, 0.4) is 0 Å². The average Bonchev–Trinajstić information content (AvgIpc) is 3.06. The quantitative estimate of drug-likeness (QED) is 0.642. The Labute approximate surface area is 155 Å². The van der Waals surface area contributed by atoms with E-state index in [1.54, 1.807) is 19.1 Å². The summed E-state index contributed by atoms with van der Waals surface area (Å²) in [5.74, 6) is 0.536. The Bertz CT molecular complexity index is 957. The lowest BCUT2D eigenvalue weighted by atomic mass is 10.1. The van der Waals surface area contributed by atoms with E-state index in [1.807, 2.05) is 30.3 Å². The maximum Gasteiger partial charge on any atom is 0.241 e. The minimum atomic E-state index is -3.63. The number of nitrogen functional groups attached to an aromatic ring is 1. The summed E-state index contributed by atoms with van der Waals surface area (Å²) in [7, 11) is -3.63. The number of rotatable bonds is 7. The van der Waals surface area contributed by atoms with Crippen molar-refractivity contribution in [1.82, 2.24) is 14.9 Å². The third kappa shape index (κ3) is 4.57. The predicted molar refractivity (Wildman–Crippen MR) is 100 cm³/mol. The normalized spacial score (nSPS) is 12.7. The number of nitrogens with two attached hydrogens (primary N) is 1. The fourth-order valence-corrected chi connectivity index (χ4v) is 4.05. The summed E-state index contributed by atoms with van der Waals surface area (Å²) < 4.78 is 33.3. The van der Waals surface area contributed by atoms with Gasteiger partial charge in [-0.25, -0.2) is 13.1 Å². The molecule has 0 saturated heterocycles. The minimum absolute atomic E-state index is 0.174. The molecule has 0 aliphatic heterocycles. The topological polar surface area (TPSA) is 107 Å². The molecule has 136 valence electrons. The summed E-state index contributed by atoms with van der Waals surface area (Å²) in [6.07, 6.45) is 0. The molecule has 7 nitrogen and oxygen atoms in total. The third-order valence-corrected chi connectivity index (χ3v) is 5.89. The Morgan fingerprint density at radius 1 is 1.12 bits per heavy atom. The second kappa shape index (κ2) is 7.81. The van der Waals surface area contributed by atoms with Gasteiger partial charge in [-0.3, -0.25) is 0 Å². The highest BCUT2D eigenvalue weighted by molar-refractivity contribution is 7.89. The number of anilines is 1. The first-order valence-electron chi connectivity index (χ1n) is 7.82. The summed E-state index contributed by atoms with van der Waals surface area (Å²) >= 11 is 1.24. The van der Waals surface area contributed by atoms with Crippen molar-refractivity contribution >= 4 is 26.5 Å². The van der Waals surface area contributed by atoms with Crippen molar-refractivity contribution in [3.63, 3.8) is 0 Å². The molecule has 0 spiro atoms. The number of ether oxygens (including phenoxy) is 1. The van der Waals surface area contributed by atoms with E-state index in [9.17, 15) is 8.42 Å². The van der Waals surface area contributed by atoms with E-state index in [1.165, 1.54) is 23.5 Å². The lowest BCUT2D eigenvalue weighted by molar-refractivity contribution is 0.304. The van der Waals surface area contributed by atoms with Gasteiger partial charge in [0.1, 0.15) is 12.4 Å². The first-order chi connectivity index (χ1) is 12.4. The summed E-state index contributed by atoms with van der Waals surface area (Å²) in [6.45, 7) is 2.03. The van der Waals surface area contributed by atoms with Gasteiger partial charge in [0, 0.05) is 6.04 Å². The van der Waals surface area contributed by atoms with E-state index in [0.717, 1.165) is 5.56 Å². The summed E-state index contributed by atoms with van der Waals surface area (Å²) in [5.41, 5.74) is 6.41. The van der Waals surface area contributed by atoms with Crippen LogP contribution in [0.25, 0.3) is 0 Å². The molecule has 0 amide bonds. The molecule has 26 heavy (non-hydrogen) atoms. The molecule has 0 saturated carbocycles. The lowest BCUT2D eigenvalue weighted by Gasteiger charge is -2.15. The van der Waals surface area contributed by atoms with E-state index in [-0.39, 0.29) is 17.5 Å². The van der Waals surface area contributed by atoms with Crippen molar-refractivity contribution in [3.05, 3.63) is 65.2 Å². The number of sulfonamides is 1. The van der Waals surface area contributed by atoms with Gasteiger partial charge in [-0.15, -0.1) is 10.2 Å². The average molecular weight is 390 g/mol. The minimum Gasteiger partial charge on any atom is -0.486 e.